The minimum atomic E-state index is -1.63. The first-order valence-electron chi connectivity index (χ1n) is 35.3. The molecular weight excluding hydrogens is 1100 g/mol. The molecular formula is C80H129NO8. The van der Waals surface area contributed by atoms with E-state index in [-0.39, 0.29) is 38.6 Å². The zero-order chi connectivity index (χ0) is 64.7. The number of likely N-dealkylation sites (N-methyl/N-ethyl adjacent to an activating group) is 1. The van der Waals surface area contributed by atoms with Crippen molar-refractivity contribution in [3.8, 4) is 0 Å². The van der Waals surface area contributed by atoms with Crippen LogP contribution < -0.4 is 5.11 Å². The molecule has 0 aromatic carbocycles. The Hall–Kier alpha value is -5.35. The second kappa shape index (κ2) is 68.6. The highest BCUT2D eigenvalue weighted by Gasteiger charge is 2.22. The molecule has 0 aliphatic rings. The fourth-order valence-electron chi connectivity index (χ4n) is 9.14. The van der Waals surface area contributed by atoms with Crippen molar-refractivity contribution < 1.29 is 42.9 Å². The molecule has 0 rings (SSSR count). The van der Waals surface area contributed by atoms with Gasteiger partial charge in [0.05, 0.1) is 40.3 Å². The largest absolute Gasteiger partial charge is 0.545 e. The van der Waals surface area contributed by atoms with E-state index in [1.807, 2.05) is 21.1 Å². The van der Waals surface area contributed by atoms with Crippen molar-refractivity contribution in [3.63, 3.8) is 0 Å². The number of nitrogens with zero attached hydrogens (tertiary/aromatic N) is 1. The molecule has 502 valence electrons. The average molecular weight is 1230 g/mol. The summed E-state index contributed by atoms with van der Waals surface area (Å²) in [5.74, 6) is -2.31. The lowest BCUT2D eigenvalue weighted by molar-refractivity contribution is -0.870. The van der Waals surface area contributed by atoms with Crippen LogP contribution in [0.3, 0.4) is 0 Å². The zero-order valence-corrected chi connectivity index (χ0v) is 57.2. The smallest absolute Gasteiger partial charge is 0.306 e. The van der Waals surface area contributed by atoms with Crippen molar-refractivity contribution in [2.45, 2.75) is 270 Å². The summed E-state index contributed by atoms with van der Waals surface area (Å²) < 4.78 is 22.8. The van der Waals surface area contributed by atoms with E-state index in [4.69, 9.17) is 18.9 Å². The Morgan fingerprint density at radius 2 is 0.607 bits per heavy atom. The topological polar surface area (TPSA) is 111 Å². The van der Waals surface area contributed by atoms with Crippen molar-refractivity contribution in [2.75, 3.05) is 47.5 Å². The van der Waals surface area contributed by atoms with E-state index in [0.717, 1.165) is 148 Å². The molecule has 0 saturated carbocycles. The van der Waals surface area contributed by atoms with Crippen LogP contribution in [0.1, 0.15) is 258 Å². The summed E-state index contributed by atoms with van der Waals surface area (Å²) in [7, 11) is 5.92. The summed E-state index contributed by atoms with van der Waals surface area (Å²) in [5.41, 5.74) is 0. The Labute approximate surface area is 546 Å². The van der Waals surface area contributed by atoms with Crippen molar-refractivity contribution in [3.05, 3.63) is 170 Å². The maximum atomic E-state index is 12.9. The van der Waals surface area contributed by atoms with E-state index >= 15 is 0 Å². The number of carboxylic acid groups (broad SMARTS) is 1. The maximum absolute atomic E-state index is 12.9. The van der Waals surface area contributed by atoms with Crippen molar-refractivity contribution in [2.24, 2.45) is 0 Å². The van der Waals surface area contributed by atoms with E-state index in [1.54, 1.807) is 0 Å². The van der Waals surface area contributed by atoms with Crippen molar-refractivity contribution in [1.82, 2.24) is 0 Å². The van der Waals surface area contributed by atoms with E-state index in [0.29, 0.717) is 17.4 Å². The number of rotatable bonds is 63. The number of aliphatic carboxylic acids is 1. The molecule has 2 unspecified atom stereocenters. The minimum absolute atomic E-state index is 0.138. The lowest BCUT2D eigenvalue weighted by Gasteiger charge is -2.26. The Morgan fingerprint density at radius 1 is 0.337 bits per heavy atom. The standard InChI is InChI=1S/C80H129NO8/c1-6-8-10-12-14-16-18-20-22-24-26-28-30-32-33-34-35-36-37-38-39-40-41-42-43-44-45-47-49-51-53-55-57-59-61-63-65-67-69-71-78(83)89-76(75-88-80(79(84)85)86-73-72-81(3,4)5)74-87-77(82)70-68-66-64-62-60-58-56-54-52-50-48-46-31-29-27-25-23-21-19-17-15-13-11-9-7-2/h8-11,14-17,20-23,26-29,32-33,35-36,38-39,41-42,44-46,48,76,80H,6-7,12-13,18-19,24-25,30-31,34,37,40,43,47,49-75H2,1-5H3/b10-8-,11-9-,16-14-,17-15-,22-20-,23-21-,28-26-,29-27-,33-32-,36-35-,39-38-,42-41-,45-44-,48-46-. The first kappa shape index (κ1) is 83.7. The van der Waals surface area contributed by atoms with Gasteiger partial charge in [-0.3, -0.25) is 9.59 Å². The highest BCUT2D eigenvalue weighted by Crippen LogP contribution is 2.16. The first-order valence-corrected chi connectivity index (χ1v) is 35.3. The third-order valence-electron chi connectivity index (χ3n) is 14.5. The van der Waals surface area contributed by atoms with Gasteiger partial charge in [-0.05, 0) is 128 Å². The van der Waals surface area contributed by atoms with Gasteiger partial charge in [0.15, 0.2) is 12.4 Å². The molecule has 2 atom stereocenters. The van der Waals surface area contributed by atoms with E-state index in [1.165, 1.54) is 77.0 Å². The fourth-order valence-corrected chi connectivity index (χ4v) is 9.14. The van der Waals surface area contributed by atoms with Crippen LogP contribution in [0.2, 0.25) is 0 Å². The van der Waals surface area contributed by atoms with Crippen LogP contribution in [0.4, 0.5) is 0 Å². The van der Waals surface area contributed by atoms with Gasteiger partial charge in [-0.1, -0.05) is 287 Å². The quantitative estimate of drug-likeness (QED) is 0.0195. The molecule has 0 spiro atoms. The second-order valence-electron chi connectivity index (χ2n) is 24.1. The molecule has 89 heavy (non-hydrogen) atoms. The molecule has 0 N–H and O–H groups in total. The summed E-state index contributed by atoms with van der Waals surface area (Å²) in [6.45, 7) is 4.50. The molecule has 9 nitrogen and oxygen atoms in total. The van der Waals surface area contributed by atoms with Crippen LogP contribution in [0.25, 0.3) is 0 Å². The predicted octanol–water partition coefficient (Wildman–Crippen LogP) is 20.9. The number of allylic oxidation sites excluding steroid dienone is 28. The van der Waals surface area contributed by atoms with Gasteiger partial charge in [-0.25, -0.2) is 0 Å². The second-order valence-corrected chi connectivity index (χ2v) is 24.1. The molecule has 0 amide bonds. The van der Waals surface area contributed by atoms with Crippen LogP contribution in [0.5, 0.6) is 0 Å². The number of unbranched alkanes of at least 4 members (excludes halogenated alkanes) is 20. The van der Waals surface area contributed by atoms with Gasteiger partial charge in [-0.15, -0.1) is 0 Å². The lowest BCUT2D eigenvalue weighted by atomic mass is 10.0. The molecule has 0 aliphatic carbocycles. The first-order chi connectivity index (χ1) is 43.6. The summed E-state index contributed by atoms with van der Waals surface area (Å²) in [4.78, 5) is 37.5. The molecule has 0 saturated heterocycles. The fraction of sp³-hybridized carbons (Fsp3) is 0.613. The Bertz CT molecular complexity index is 2070. The van der Waals surface area contributed by atoms with Crippen molar-refractivity contribution in [1.29, 1.82) is 0 Å². The zero-order valence-electron chi connectivity index (χ0n) is 57.2. The average Bonchev–Trinajstić information content (AvgIpc) is 3.64. The number of hydrogen-bond acceptors (Lipinski definition) is 8. The number of carbonyl (C=O) groups excluding carboxylic acids is 3. The molecule has 0 fully saturated rings. The van der Waals surface area contributed by atoms with Crippen LogP contribution in [-0.4, -0.2) is 82.3 Å². The van der Waals surface area contributed by atoms with Gasteiger partial charge in [0.2, 0.25) is 0 Å². The van der Waals surface area contributed by atoms with Gasteiger partial charge in [0.25, 0.3) is 0 Å². The molecule has 0 aromatic rings. The summed E-state index contributed by atoms with van der Waals surface area (Å²) in [6, 6.07) is 0. The van der Waals surface area contributed by atoms with Crippen LogP contribution in [0, 0.1) is 0 Å². The molecule has 0 aromatic heterocycles. The number of carbonyl (C=O) groups is 3. The van der Waals surface area contributed by atoms with Gasteiger partial charge < -0.3 is 33.3 Å². The van der Waals surface area contributed by atoms with Gasteiger partial charge in [-0.2, -0.15) is 0 Å². The van der Waals surface area contributed by atoms with E-state index in [2.05, 4.69) is 184 Å². The summed E-state index contributed by atoms with van der Waals surface area (Å²) in [6.07, 6.45) is 99.9. The lowest BCUT2D eigenvalue weighted by Crippen LogP contribution is -2.44. The van der Waals surface area contributed by atoms with E-state index < -0.39 is 24.3 Å². The third-order valence-corrected chi connectivity index (χ3v) is 14.5. The monoisotopic (exact) mass is 1230 g/mol. The van der Waals surface area contributed by atoms with Crippen molar-refractivity contribution >= 4 is 17.9 Å². The molecule has 0 radical (unpaired) electrons. The van der Waals surface area contributed by atoms with Crippen LogP contribution in [0.15, 0.2) is 170 Å². The third kappa shape index (κ3) is 70.0. The number of carboxylic acids is 1. The summed E-state index contributed by atoms with van der Waals surface area (Å²) >= 11 is 0. The highest BCUT2D eigenvalue weighted by molar-refractivity contribution is 5.70. The molecule has 0 aliphatic heterocycles. The Kier molecular flexibility index (Phi) is 64.4. The molecule has 9 heteroatoms. The normalized spacial score (nSPS) is 13.8. The van der Waals surface area contributed by atoms with Gasteiger partial charge in [0.1, 0.15) is 13.2 Å². The van der Waals surface area contributed by atoms with E-state index in [9.17, 15) is 19.5 Å². The van der Waals surface area contributed by atoms with Gasteiger partial charge in [0, 0.05) is 12.8 Å². The predicted molar refractivity (Wildman–Crippen MR) is 379 cm³/mol. The highest BCUT2D eigenvalue weighted by atomic mass is 16.7. The summed E-state index contributed by atoms with van der Waals surface area (Å²) in [5, 5.41) is 11.8. The Balaban J connectivity index is 4.17. The molecule has 0 heterocycles. The Morgan fingerprint density at radius 3 is 0.899 bits per heavy atom. The number of hydrogen-bond donors (Lipinski definition) is 0. The minimum Gasteiger partial charge on any atom is -0.545 e. The SMILES string of the molecule is CC/C=C\C/C=C\C/C=C\C/C=C\C/C=C\C/C=C\C/C=C\C/C=C\C/C=C\CCCCCCCCCCCCCC(=O)OC(COC(=O)CCCCCCCCCCC/C=C\C/C=C\C/C=C\C/C=C\C/C=C\CC)COC(OCC[N+](C)(C)C)C(=O)[O-]. The molecule has 0 bridgehead atoms. The maximum Gasteiger partial charge on any atom is 0.306 e. The number of ether oxygens (including phenoxy) is 4. The van der Waals surface area contributed by atoms with Crippen LogP contribution >= 0.6 is 0 Å². The van der Waals surface area contributed by atoms with Gasteiger partial charge >= 0.3 is 11.9 Å². The number of esters is 2. The van der Waals surface area contributed by atoms with Crippen LogP contribution in [-0.2, 0) is 33.3 Å². The number of quaternary nitrogens is 1.